The number of carbonyl (C=O) groups is 1. The van der Waals surface area contributed by atoms with Crippen LogP contribution >= 0.6 is 0 Å². The summed E-state index contributed by atoms with van der Waals surface area (Å²) in [6.07, 6.45) is 0. The number of carbonyl (C=O) groups excluding carboxylic acids is 1. The number of nitrogens with zero attached hydrogens (tertiary/aromatic N) is 3. The minimum atomic E-state index is -0.778. The molecule has 34 heavy (non-hydrogen) atoms. The Kier molecular flexibility index (Phi) is 6.32. The molecule has 0 aromatic heterocycles. The Balaban J connectivity index is 2.02. The van der Waals surface area contributed by atoms with Crippen molar-refractivity contribution in [2.75, 3.05) is 13.2 Å². The molecule has 0 amide bonds. The summed E-state index contributed by atoms with van der Waals surface area (Å²) in [5.41, 5.74) is 2.75. The first-order chi connectivity index (χ1) is 16.2. The Labute approximate surface area is 198 Å². The number of nitro benzene ring substituents is 1. The lowest BCUT2D eigenvalue weighted by molar-refractivity contribution is -0.384. The summed E-state index contributed by atoms with van der Waals surface area (Å²) < 4.78 is 11.5. The summed E-state index contributed by atoms with van der Waals surface area (Å²) in [4.78, 5) is 34.0. The highest BCUT2D eigenvalue weighted by atomic mass is 16.6. The Morgan fingerprint density at radius 1 is 1.21 bits per heavy atom. The number of aliphatic imine (C=N–C) groups is 2. The van der Waals surface area contributed by atoms with Crippen LogP contribution in [0.4, 0.5) is 5.69 Å². The van der Waals surface area contributed by atoms with Gasteiger partial charge in [-0.05, 0) is 33.3 Å². The standard InChI is InChI=1S/C26H27N3O5/c1-5-33-25(30)20-16(2)27-23(17-10-7-6-8-11-17)22(24-28-26(3,4)15-34-24)21(20)18-12-9-13-19(14-18)29(31)32/h6-14,20-21H,5,15H2,1-4H3. The zero-order chi connectivity index (χ0) is 24.5. The molecule has 0 fully saturated rings. The molecule has 2 aromatic carbocycles. The maximum absolute atomic E-state index is 13.2. The Hall–Kier alpha value is -3.81. The molecular weight excluding hydrogens is 434 g/mol. The molecular formula is C26H27N3O5. The van der Waals surface area contributed by atoms with Crippen molar-refractivity contribution in [3.63, 3.8) is 0 Å². The number of ether oxygens (including phenoxy) is 2. The van der Waals surface area contributed by atoms with Gasteiger partial charge in [0.25, 0.3) is 5.69 Å². The van der Waals surface area contributed by atoms with Gasteiger partial charge in [-0.15, -0.1) is 0 Å². The van der Waals surface area contributed by atoms with Crippen molar-refractivity contribution >= 4 is 29.0 Å². The number of hydrogen-bond donors (Lipinski definition) is 0. The molecule has 2 atom stereocenters. The van der Waals surface area contributed by atoms with Gasteiger partial charge in [0.1, 0.15) is 12.5 Å². The van der Waals surface area contributed by atoms with Crippen LogP contribution in [-0.2, 0) is 14.3 Å². The largest absolute Gasteiger partial charge is 0.475 e. The number of non-ortho nitro benzene ring substituents is 1. The first kappa shape index (κ1) is 23.4. The number of hydrogen-bond acceptors (Lipinski definition) is 7. The molecule has 176 valence electrons. The molecule has 4 rings (SSSR count). The Morgan fingerprint density at radius 2 is 1.94 bits per heavy atom. The third-order valence-corrected chi connectivity index (χ3v) is 5.86. The molecule has 0 aliphatic carbocycles. The van der Waals surface area contributed by atoms with Gasteiger partial charge < -0.3 is 9.47 Å². The molecule has 0 saturated carbocycles. The fraction of sp³-hybridized carbons (Fsp3) is 0.346. The van der Waals surface area contributed by atoms with Gasteiger partial charge in [-0.25, -0.2) is 4.99 Å². The number of rotatable bonds is 6. The van der Waals surface area contributed by atoms with Crippen molar-refractivity contribution in [1.82, 2.24) is 0 Å². The summed E-state index contributed by atoms with van der Waals surface area (Å²) in [5.74, 6) is -1.45. The fourth-order valence-electron chi connectivity index (χ4n) is 4.36. The van der Waals surface area contributed by atoms with E-state index in [0.29, 0.717) is 35.0 Å². The van der Waals surface area contributed by atoms with E-state index in [-0.39, 0.29) is 12.3 Å². The van der Waals surface area contributed by atoms with Crippen LogP contribution in [0.5, 0.6) is 0 Å². The van der Waals surface area contributed by atoms with Gasteiger partial charge in [-0.3, -0.25) is 19.9 Å². The predicted octanol–water partition coefficient (Wildman–Crippen LogP) is 4.95. The SMILES string of the molecule is CCOC(=O)C1C(C)=NC(c2ccccc2)=C(C2=NC(C)(C)CO2)C1c1cccc([N+](=O)[O-])c1. The van der Waals surface area contributed by atoms with E-state index in [2.05, 4.69) is 0 Å². The monoisotopic (exact) mass is 461 g/mol. The molecule has 8 heteroatoms. The molecule has 0 saturated heterocycles. The second-order valence-corrected chi connectivity index (χ2v) is 8.96. The lowest BCUT2D eigenvalue weighted by Gasteiger charge is -2.33. The minimum absolute atomic E-state index is 0.0597. The van der Waals surface area contributed by atoms with Crippen LogP contribution in [0.15, 0.2) is 70.2 Å². The second kappa shape index (κ2) is 9.21. The van der Waals surface area contributed by atoms with Crippen LogP contribution in [0.2, 0.25) is 0 Å². The third-order valence-electron chi connectivity index (χ3n) is 5.86. The van der Waals surface area contributed by atoms with Gasteiger partial charge in [0.15, 0.2) is 0 Å². The van der Waals surface area contributed by atoms with Gasteiger partial charge in [0.05, 0.1) is 22.8 Å². The highest BCUT2D eigenvalue weighted by Crippen LogP contribution is 2.45. The molecule has 0 radical (unpaired) electrons. The predicted molar refractivity (Wildman–Crippen MR) is 130 cm³/mol. The quantitative estimate of drug-likeness (QED) is 0.344. The van der Waals surface area contributed by atoms with E-state index < -0.39 is 28.3 Å². The van der Waals surface area contributed by atoms with Crippen LogP contribution in [-0.4, -0.2) is 41.3 Å². The van der Waals surface area contributed by atoms with Crippen molar-refractivity contribution in [3.8, 4) is 0 Å². The van der Waals surface area contributed by atoms with Gasteiger partial charge in [0.2, 0.25) is 5.90 Å². The highest BCUT2D eigenvalue weighted by Gasteiger charge is 2.44. The maximum Gasteiger partial charge on any atom is 0.315 e. The van der Waals surface area contributed by atoms with Crippen molar-refractivity contribution < 1.29 is 19.2 Å². The molecule has 2 aliphatic rings. The van der Waals surface area contributed by atoms with E-state index in [1.54, 1.807) is 26.0 Å². The van der Waals surface area contributed by atoms with Gasteiger partial charge >= 0.3 is 5.97 Å². The lowest BCUT2D eigenvalue weighted by atomic mass is 9.74. The van der Waals surface area contributed by atoms with Crippen LogP contribution in [0.1, 0.15) is 44.7 Å². The molecule has 2 aliphatic heterocycles. The van der Waals surface area contributed by atoms with Crippen molar-refractivity contribution in [2.24, 2.45) is 15.9 Å². The summed E-state index contributed by atoms with van der Waals surface area (Å²) >= 11 is 0. The summed E-state index contributed by atoms with van der Waals surface area (Å²) in [6, 6.07) is 15.9. The van der Waals surface area contributed by atoms with E-state index in [4.69, 9.17) is 19.5 Å². The van der Waals surface area contributed by atoms with E-state index >= 15 is 0 Å². The zero-order valence-electron chi connectivity index (χ0n) is 19.6. The van der Waals surface area contributed by atoms with Crippen LogP contribution < -0.4 is 0 Å². The first-order valence-electron chi connectivity index (χ1n) is 11.2. The minimum Gasteiger partial charge on any atom is -0.475 e. The summed E-state index contributed by atoms with van der Waals surface area (Å²) in [6.45, 7) is 8.04. The maximum atomic E-state index is 13.2. The van der Waals surface area contributed by atoms with E-state index in [0.717, 1.165) is 5.56 Å². The average molecular weight is 462 g/mol. The van der Waals surface area contributed by atoms with Crippen LogP contribution in [0.3, 0.4) is 0 Å². The Bertz CT molecular complexity index is 1210. The van der Waals surface area contributed by atoms with Gasteiger partial charge in [-0.1, -0.05) is 42.5 Å². The zero-order valence-corrected chi connectivity index (χ0v) is 19.6. The highest BCUT2D eigenvalue weighted by molar-refractivity contribution is 6.13. The van der Waals surface area contributed by atoms with Gasteiger partial charge in [0, 0.05) is 34.9 Å². The normalized spacial score (nSPS) is 21.4. The van der Waals surface area contributed by atoms with E-state index in [9.17, 15) is 14.9 Å². The van der Waals surface area contributed by atoms with Crippen molar-refractivity contribution in [1.29, 1.82) is 0 Å². The molecule has 2 aromatic rings. The molecule has 0 N–H and O–H groups in total. The third kappa shape index (κ3) is 4.48. The molecule has 0 bridgehead atoms. The second-order valence-electron chi connectivity index (χ2n) is 8.96. The lowest BCUT2D eigenvalue weighted by Crippen LogP contribution is -2.36. The van der Waals surface area contributed by atoms with Crippen LogP contribution in [0.25, 0.3) is 5.70 Å². The van der Waals surface area contributed by atoms with Crippen molar-refractivity contribution in [3.05, 3.63) is 81.4 Å². The number of esters is 1. The summed E-state index contributed by atoms with van der Waals surface area (Å²) in [7, 11) is 0. The summed E-state index contributed by atoms with van der Waals surface area (Å²) in [5, 5.41) is 11.6. The molecule has 8 nitrogen and oxygen atoms in total. The first-order valence-corrected chi connectivity index (χ1v) is 11.2. The molecule has 2 unspecified atom stereocenters. The van der Waals surface area contributed by atoms with E-state index in [1.165, 1.54) is 12.1 Å². The molecule has 2 heterocycles. The Morgan fingerprint density at radius 3 is 2.56 bits per heavy atom. The topological polar surface area (TPSA) is 103 Å². The fourth-order valence-corrected chi connectivity index (χ4v) is 4.36. The van der Waals surface area contributed by atoms with Crippen molar-refractivity contribution in [2.45, 2.75) is 39.2 Å². The van der Waals surface area contributed by atoms with Crippen LogP contribution in [0, 0.1) is 16.0 Å². The van der Waals surface area contributed by atoms with E-state index in [1.807, 2.05) is 44.2 Å². The average Bonchev–Trinajstić information content (AvgIpc) is 3.18. The number of benzene rings is 2. The van der Waals surface area contributed by atoms with Gasteiger partial charge in [-0.2, -0.15) is 0 Å². The molecule has 0 spiro atoms. The smallest absolute Gasteiger partial charge is 0.315 e. The number of nitro groups is 1.